The van der Waals surface area contributed by atoms with Crippen LogP contribution in [0.2, 0.25) is 0 Å². The summed E-state index contributed by atoms with van der Waals surface area (Å²) in [6.07, 6.45) is 2.09. The SMILES string of the molecule is CCO[C@@H]1CCCN(C(=O)c2cc3ccccc3c(OC)n2)C1. The number of hydrogen-bond donors (Lipinski definition) is 0. The molecular weight excluding hydrogens is 292 g/mol. The molecule has 2 aromatic rings. The standard InChI is InChI=1S/C18H22N2O3/c1-3-23-14-8-6-10-20(12-14)18(21)16-11-13-7-4-5-9-15(13)17(19-16)22-2/h4-5,7,9,11,14H,3,6,8,10,12H2,1-2H3/t14-/m1/s1. The highest BCUT2D eigenvalue weighted by molar-refractivity contribution is 5.98. The lowest BCUT2D eigenvalue weighted by atomic mass is 10.1. The van der Waals surface area contributed by atoms with Gasteiger partial charge in [0.1, 0.15) is 5.69 Å². The summed E-state index contributed by atoms with van der Waals surface area (Å²) in [4.78, 5) is 19.1. The molecule has 5 heteroatoms. The maximum Gasteiger partial charge on any atom is 0.272 e. The van der Waals surface area contributed by atoms with Crippen LogP contribution in [0.4, 0.5) is 0 Å². The average molecular weight is 314 g/mol. The molecule has 0 bridgehead atoms. The van der Waals surface area contributed by atoms with Crippen LogP contribution in [0.3, 0.4) is 0 Å². The zero-order chi connectivity index (χ0) is 16.2. The molecule has 1 aliphatic rings. The van der Waals surface area contributed by atoms with Crippen LogP contribution in [-0.2, 0) is 4.74 Å². The second-order valence-corrected chi connectivity index (χ2v) is 5.71. The first kappa shape index (κ1) is 15.7. The van der Waals surface area contributed by atoms with E-state index in [1.165, 1.54) is 0 Å². The van der Waals surface area contributed by atoms with E-state index >= 15 is 0 Å². The molecule has 3 rings (SSSR count). The monoisotopic (exact) mass is 314 g/mol. The van der Waals surface area contributed by atoms with Gasteiger partial charge in [-0.25, -0.2) is 4.98 Å². The molecular formula is C18H22N2O3. The Morgan fingerprint density at radius 1 is 1.39 bits per heavy atom. The van der Waals surface area contributed by atoms with Crippen molar-refractivity contribution in [1.29, 1.82) is 0 Å². The highest BCUT2D eigenvalue weighted by atomic mass is 16.5. The fourth-order valence-corrected chi connectivity index (χ4v) is 3.09. The molecule has 122 valence electrons. The maximum atomic E-state index is 12.8. The summed E-state index contributed by atoms with van der Waals surface area (Å²) in [5.41, 5.74) is 0.428. The van der Waals surface area contributed by atoms with Crippen molar-refractivity contribution >= 4 is 16.7 Å². The van der Waals surface area contributed by atoms with Gasteiger partial charge in [-0.15, -0.1) is 0 Å². The summed E-state index contributed by atoms with van der Waals surface area (Å²) in [6, 6.07) is 9.63. The van der Waals surface area contributed by atoms with Crippen molar-refractivity contribution in [3.05, 3.63) is 36.0 Å². The number of pyridine rings is 1. The summed E-state index contributed by atoms with van der Waals surface area (Å²) in [7, 11) is 1.58. The van der Waals surface area contributed by atoms with Crippen molar-refractivity contribution < 1.29 is 14.3 Å². The number of nitrogens with zero attached hydrogens (tertiary/aromatic N) is 2. The number of carbonyl (C=O) groups excluding carboxylic acids is 1. The average Bonchev–Trinajstić information content (AvgIpc) is 2.60. The van der Waals surface area contributed by atoms with Gasteiger partial charge >= 0.3 is 0 Å². The fourth-order valence-electron chi connectivity index (χ4n) is 3.09. The Morgan fingerprint density at radius 2 is 2.22 bits per heavy atom. The number of methoxy groups -OCH3 is 1. The molecule has 0 radical (unpaired) electrons. The minimum atomic E-state index is -0.0570. The molecule has 0 spiro atoms. The van der Waals surface area contributed by atoms with E-state index in [9.17, 15) is 4.79 Å². The molecule has 1 saturated heterocycles. The number of likely N-dealkylation sites (tertiary alicyclic amines) is 1. The molecule has 1 aliphatic heterocycles. The predicted molar refractivity (Wildman–Crippen MR) is 88.8 cm³/mol. The number of fused-ring (bicyclic) bond motifs is 1. The molecule has 0 saturated carbocycles. The largest absolute Gasteiger partial charge is 0.481 e. The summed E-state index contributed by atoms with van der Waals surface area (Å²) in [6.45, 7) is 4.04. The lowest BCUT2D eigenvalue weighted by Gasteiger charge is -2.32. The lowest BCUT2D eigenvalue weighted by Crippen LogP contribution is -2.43. The molecule has 1 amide bonds. The zero-order valence-corrected chi connectivity index (χ0v) is 13.6. The van der Waals surface area contributed by atoms with Gasteiger partial charge in [0.15, 0.2) is 0 Å². The molecule has 5 nitrogen and oxygen atoms in total. The van der Waals surface area contributed by atoms with E-state index in [2.05, 4.69) is 4.98 Å². The van der Waals surface area contributed by atoms with Crippen LogP contribution in [-0.4, -0.2) is 48.7 Å². The molecule has 2 heterocycles. The Balaban J connectivity index is 1.88. The van der Waals surface area contributed by atoms with Crippen LogP contribution in [0.15, 0.2) is 30.3 Å². The van der Waals surface area contributed by atoms with Gasteiger partial charge < -0.3 is 14.4 Å². The van der Waals surface area contributed by atoms with Crippen molar-refractivity contribution in [1.82, 2.24) is 9.88 Å². The topological polar surface area (TPSA) is 51.7 Å². The Bertz CT molecular complexity index is 700. The van der Waals surface area contributed by atoms with Crippen LogP contribution in [0.5, 0.6) is 5.88 Å². The Morgan fingerprint density at radius 3 is 3.00 bits per heavy atom. The first-order valence-electron chi connectivity index (χ1n) is 8.07. The van der Waals surface area contributed by atoms with Gasteiger partial charge in [-0.05, 0) is 37.3 Å². The van der Waals surface area contributed by atoms with Crippen molar-refractivity contribution in [2.45, 2.75) is 25.9 Å². The van der Waals surface area contributed by atoms with Gasteiger partial charge in [-0.1, -0.05) is 18.2 Å². The highest BCUT2D eigenvalue weighted by Crippen LogP contribution is 2.25. The van der Waals surface area contributed by atoms with Gasteiger partial charge in [0.05, 0.1) is 13.2 Å². The third kappa shape index (κ3) is 3.29. The Hall–Kier alpha value is -2.14. The van der Waals surface area contributed by atoms with E-state index in [1.807, 2.05) is 42.2 Å². The zero-order valence-electron chi connectivity index (χ0n) is 13.6. The van der Waals surface area contributed by atoms with E-state index in [0.29, 0.717) is 24.7 Å². The Kier molecular flexibility index (Phi) is 4.76. The first-order chi connectivity index (χ1) is 11.2. The second kappa shape index (κ2) is 6.96. The number of hydrogen-bond acceptors (Lipinski definition) is 4. The number of piperidine rings is 1. The van der Waals surface area contributed by atoms with Crippen molar-refractivity contribution in [2.75, 3.05) is 26.8 Å². The first-order valence-corrected chi connectivity index (χ1v) is 8.07. The molecule has 23 heavy (non-hydrogen) atoms. The van der Waals surface area contributed by atoms with E-state index in [4.69, 9.17) is 9.47 Å². The number of benzene rings is 1. The molecule has 0 N–H and O–H groups in total. The normalized spacial score (nSPS) is 18.2. The van der Waals surface area contributed by atoms with E-state index in [1.54, 1.807) is 7.11 Å². The number of carbonyl (C=O) groups is 1. The summed E-state index contributed by atoms with van der Waals surface area (Å²) < 4.78 is 11.0. The quantitative estimate of drug-likeness (QED) is 0.871. The summed E-state index contributed by atoms with van der Waals surface area (Å²) in [5.74, 6) is 0.434. The molecule has 0 aliphatic carbocycles. The van der Waals surface area contributed by atoms with Crippen molar-refractivity contribution in [3.63, 3.8) is 0 Å². The number of ether oxygens (including phenoxy) is 2. The smallest absolute Gasteiger partial charge is 0.272 e. The van der Waals surface area contributed by atoms with Crippen LogP contribution >= 0.6 is 0 Å². The van der Waals surface area contributed by atoms with Crippen LogP contribution < -0.4 is 4.74 Å². The molecule has 1 atom stereocenters. The minimum absolute atomic E-state index is 0.0570. The van der Waals surface area contributed by atoms with Gasteiger partial charge in [0.2, 0.25) is 5.88 Å². The maximum absolute atomic E-state index is 12.8. The number of aromatic nitrogens is 1. The van der Waals surface area contributed by atoms with Gasteiger partial charge in [0, 0.05) is 25.1 Å². The van der Waals surface area contributed by atoms with Gasteiger partial charge in [-0.2, -0.15) is 0 Å². The van der Waals surface area contributed by atoms with Crippen LogP contribution in [0, 0.1) is 0 Å². The minimum Gasteiger partial charge on any atom is -0.481 e. The molecule has 1 aromatic heterocycles. The van der Waals surface area contributed by atoms with Gasteiger partial charge in [-0.3, -0.25) is 4.79 Å². The second-order valence-electron chi connectivity index (χ2n) is 5.71. The lowest BCUT2D eigenvalue weighted by molar-refractivity contribution is 0.00702. The van der Waals surface area contributed by atoms with Gasteiger partial charge in [0.25, 0.3) is 5.91 Å². The van der Waals surface area contributed by atoms with E-state index in [0.717, 1.165) is 30.2 Å². The van der Waals surface area contributed by atoms with Crippen molar-refractivity contribution in [2.24, 2.45) is 0 Å². The fraction of sp³-hybridized carbons (Fsp3) is 0.444. The van der Waals surface area contributed by atoms with Crippen molar-refractivity contribution in [3.8, 4) is 5.88 Å². The van der Waals surface area contributed by atoms with E-state index in [-0.39, 0.29) is 12.0 Å². The third-order valence-electron chi connectivity index (χ3n) is 4.19. The summed E-state index contributed by atoms with van der Waals surface area (Å²) >= 11 is 0. The Labute approximate surface area is 136 Å². The third-order valence-corrected chi connectivity index (χ3v) is 4.19. The van der Waals surface area contributed by atoms with Crippen LogP contribution in [0.25, 0.3) is 10.8 Å². The number of amides is 1. The highest BCUT2D eigenvalue weighted by Gasteiger charge is 2.26. The molecule has 1 fully saturated rings. The molecule has 0 unspecified atom stereocenters. The van der Waals surface area contributed by atoms with E-state index < -0.39 is 0 Å². The summed E-state index contributed by atoms with van der Waals surface area (Å²) in [5, 5.41) is 1.87. The predicted octanol–water partition coefficient (Wildman–Crippen LogP) is 2.88. The molecule has 1 aromatic carbocycles. The van der Waals surface area contributed by atoms with Crippen LogP contribution in [0.1, 0.15) is 30.3 Å². The number of rotatable bonds is 4.